The normalized spacial score (nSPS) is 10.8. The molecule has 0 fully saturated rings. The van der Waals surface area contributed by atoms with Crippen LogP contribution in [-0.4, -0.2) is 31.2 Å². The van der Waals surface area contributed by atoms with E-state index in [1.165, 1.54) is 11.3 Å². The van der Waals surface area contributed by atoms with Gasteiger partial charge < -0.3 is 15.3 Å². The van der Waals surface area contributed by atoms with Crippen molar-refractivity contribution >= 4 is 28.6 Å². The van der Waals surface area contributed by atoms with Crippen LogP contribution in [0, 0.1) is 0 Å². The molecule has 118 valence electrons. The molecule has 2 aromatic rings. The van der Waals surface area contributed by atoms with E-state index in [-0.39, 0.29) is 12.5 Å². The Bertz CT molecular complexity index is 620. The third-order valence-electron chi connectivity index (χ3n) is 3.53. The molecule has 1 amide bonds. The zero-order valence-electron chi connectivity index (χ0n) is 13.2. The van der Waals surface area contributed by atoms with Crippen LogP contribution in [-0.2, 0) is 0 Å². The molecule has 1 aromatic carbocycles. The van der Waals surface area contributed by atoms with Crippen LogP contribution in [0.4, 0.5) is 11.4 Å². The highest BCUT2D eigenvalue weighted by atomic mass is 32.1. The second kappa shape index (κ2) is 7.42. The van der Waals surface area contributed by atoms with Crippen LogP contribution in [0.5, 0.6) is 0 Å². The first-order valence-corrected chi connectivity index (χ1v) is 8.21. The van der Waals surface area contributed by atoms with Gasteiger partial charge in [-0.2, -0.15) is 0 Å². The zero-order chi connectivity index (χ0) is 16.1. The molecule has 0 aliphatic rings. The van der Waals surface area contributed by atoms with Gasteiger partial charge in [-0.1, -0.05) is 13.8 Å². The third-order valence-corrected chi connectivity index (χ3v) is 4.45. The van der Waals surface area contributed by atoms with E-state index in [0.29, 0.717) is 12.5 Å². The Hall–Kier alpha value is -1.85. The average Bonchev–Trinajstić information content (AvgIpc) is 2.98. The lowest BCUT2D eigenvalue weighted by molar-refractivity contribution is 0.102. The minimum atomic E-state index is -0.0600. The number of carbonyl (C=O) groups excluding carboxylic acids is 1. The lowest BCUT2D eigenvalue weighted by atomic mass is 10.0. The van der Waals surface area contributed by atoms with E-state index in [4.69, 9.17) is 5.11 Å². The summed E-state index contributed by atoms with van der Waals surface area (Å²) in [7, 11) is 1.92. The molecule has 2 N–H and O–H groups in total. The van der Waals surface area contributed by atoms with E-state index < -0.39 is 0 Å². The Morgan fingerprint density at radius 3 is 2.55 bits per heavy atom. The molecule has 0 aliphatic carbocycles. The molecular weight excluding hydrogens is 296 g/mol. The first-order valence-electron chi connectivity index (χ1n) is 7.33. The number of carbonyl (C=O) groups is 1. The number of hydrogen-bond acceptors (Lipinski definition) is 4. The van der Waals surface area contributed by atoms with Gasteiger partial charge in [0.25, 0.3) is 5.91 Å². The smallest absolute Gasteiger partial charge is 0.266 e. The standard InChI is InChI=1S/C17H22N2O2S/c1-12(2)15-8-11-22-16(15)17(21)18-13-4-6-14(7-5-13)19(3)9-10-20/h4-8,11-12,20H,9-10H2,1-3H3,(H,18,21). The van der Waals surface area contributed by atoms with Crippen molar-refractivity contribution in [2.75, 3.05) is 30.4 Å². The number of anilines is 2. The van der Waals surface area contributed by atoms with E-state index >= 15 is 0 Å². The van der Waals surface area contributed by atoms with Crippen molar-refractivity contribution in [2.45, 2.75) is 19.8 Å². The molecule has 2 rings (SSSR count). The van der Waals surface area contributed by atoms with Crippen LogP contribution < -0.4 is 10.2 Å². The number of likely N-dealkylation sites (N-methyl/N-ethyl adjacent to an activating group) is 1. The van der Waals surface area contributed by atoms with Gasteiger partial charge in [-0.15, -0.1) is 11.3 Å². The second-order valence-electron chi connectivity index (χ2n) is 5.51. The molecule has 1 aromatic heterocycles. The van der Waals surface area contributed by atoms with Crippen molar-refractivity contribution in [3.63, 3.8) is 0 Å². The van der Waals surface area contributed by atoms with Crippen LogP contribution in [0.3, 0.4) is 0 Å². The summed E-state index contributed by atoms with van der Waals surface area (Å²) < 4.78 is 0. The summed E-state index contributed by atoms with van der Waals surface area (Å²) in [4.78, 5) is 15.1. The van der Waals surface area contributed by atoms with E-state index in [9.17, 15) is 4.79 Å². The number of thiophene rings is 1. The van der Waals surface area contributed by atoms with Crippen molar-refractivity contribution < 1.29 is 9.90 Å². The SMILES string of the molecule is CC(C)c1ccsc1C(=O)Nc1ccc(N(C)CCO)cc1. The van der Waals surface area contributed by atoms with Crippen molar-refractivity contribution in [3.05, 3.63) is 46.2 Å². The van der Waals surface area contributed by atoms with E-state index in [1.807, 2.05) is 47.7 Å². The van der Waals surface area contributed by atoms with E-state index in [0.717, 1.165) is 21.8 Å². The van der Waals surface area contributed by atoms with Gasteiger partial charge in [-0.3, -0.25) is 4.79 Å². The van der Waals surface area contributed by atoms with Gasteiger partial charge in [0.2, 0.25) is 0 Å². The highest BCUT2D eigenvalue weighted by Crippen LogP contribution is 2.26. The third kappa shape index (κ3) is 3.87. The molecule has 0 saturated heterocycles. The maximum atomic E-state index is 12.4. The van der Waals surface area contributed by atoms with Crippen LogP contribution in [0.15, 0.2) is 35.7 Å². The van der Waals surface area contributed by atoms with Gasteiger partial charge >= 0.3 is 0 Å². The Labute approximate surface area is 135 Å². The summed E-state index contributed by atoms with van der Waals surface area (Å²) in [6.45, 7) is 4.87. The molecule has 0 atom stereocenters. The summed E-state index contributed by atoms with van der Waals surface area (Å²) >= 11 is 1.47. The minimum absolute atomic E-state index is 0.0600. The highest BCUT2D eigenvalue weighted by Gasteiger charge is 2.15. The fourth-order valence-corrected chi connectivity index (χ4v) is 3.17. The number of nitrogens with zero attached hydrogens (tertiary/aromatic N) is 1. The number of hydrogen-bond donors (Lipinski definition) is 2. The minimum Gasteiger partial charge on any atom is -0.395 e. The van der Waals surface area contributed by atoms with Crippen LogP contribution >= 0.6 is 11.3 Å². The molecule has 0 bridgehead atoms. The topological polar surface area (TPSA) is 52.6 Å². The van der Waals surface area contributed by atoms with Gasteiger partial charge in [0.1, 0.15) is 0 Å². The van der Waals surface area contributed by atoms with Crippen LogP contribution in [0.2, 0.25) is 0 Å². The molecule has 0 aliphatic heterocycles. The van der Waals surface area contributed by atoms with Gasteiger partial charge in [-0.25, -0.2) is 0 Å². The number of benzene rings is 1. The number of aliphatic hydroxyl groups excluding tert-OH is 1. The molecule has 22 heavy (non-hydrogen) atoms. The number of aliphatic hydroxyl groups is 1. The Kier molecular flexibility index (Phi) is 5.57. The van der Waals surface area contributed by atoms with Gasteiger partial charge in [0.15, 0.2) is 0 Å². The van der Waals surface area contributed by atoms with Crippen LogP contribution in [0.1, 0.15) is 35.0 Å². The Morgan fingerprint density at radius 2 is 1.95 bits per heavy atom. The molecule has 0 radical (unpaired) electrons. The lowest BCUT2D eigenvalue weighted by Crippen LogP contribution is -2.21. The Morgan fingerprint density at radius 1 is 1.27 bits per heavy atom. The van der Waals surface area contributed by atoms with Crippen molar-refractivity contribution in [3.8, 4) is 0 Å². The van der Waals surface area contributed by atoms with E-state index in [1.54, 1.807) is 0 Å². The quantitative estimate of drug-likeness (QED) is 0.856. The molecule has 1 heterocycles. The van der Waals surface area contributed by atoms with Crippen molar-refractivity contribution in [1.82, 2.24) is 0 Å². The molecule has 0 unspecified atom stereocenters. The fraction of sp³-hybridized carbons (Fsp3) is 0.353. The van der Waals surface area contributed by atoms with Crippen LogP contribution in [0.25, 0.3) is 0 Å². The van der Waals surface area contributed by atoms with E-state index in [2.05, 4.69) is 19.2 Å². The molecular formula is C17H22N2O2S. The average molecular weight is 318 g/mol. The number of rotatable bonds is 6. The van der Waals surface area contributed by atoms with Crippen molar-refractivity contribution in [2.24, 2.45) is 0 Å². The molecule has 0 spiro atoms. The van der Waals surface area contributed by atoms with Gasteiger partial charge in [-0.05, 0) is 47.2 Å². The molecule has 0 saturated carbocycles. The number of amides is 1. The summed E-state index contributed by atoms with van der Waals surface area (Å²) in [6, 6.07) is 9.64. The largest absolute Gasteiger partial charge is 0.395 e. The summed E-state index contributed by atoms with van der Waals surface area (Å²) in [5.41, 5.74) is 2.86. The summed E-state index contributed by atoms with van der Waals surface area (Å²) in [5.74, 6) is 0.275. The predicted octanol–water partition coefficient (Wildman–Crippen LogP) is 3.55. The fourth-order valence-electron chi connectivity index (χ4n) is 2.22. The predicted molar refractivity (Wildman–Crippen MR) is 93.2 cm³/mol. The second-order valence-corrected chi connectivity index (χ2v) is 6.42. The zero-order valence-corrected chi connectivity index (χ0v) is 14.0. The monoisotopic (exact) mass is 318 g/mol. The number of nitrogens with one attached hydrogen (secondary N) is 1. The lowest BCUT2D eigenvalue weighted by Gasteiger charge is -2.18. The van der Waals surface area contributed by atoms with Crippen molar-refractivity contribution in [1.29, 1.82) is 0 Å². The van der Waals surface area contributed by atoms with Gasteiger partial charge in [0.05, 0.1) is 11.5 Å². The van der Waals surface area contributed by atoms with Gasteiger partial charge in [0, 0.05) is 25.0 Å². The first kappa shape index (κ1) is 16.5. The first-order chi connectivity index (χ1) is 10.5. The molecule has 5 heteroatoms. The summed E-state index contributed by atoms with van der Waals surface area (Å²) in [5, 5.41) is 13.8. The maximum absolute atomic E-state index is 12.4. The molecule has 4 nitrogen and oxygen atoms in total. The highest BCUT2D eigenvalue weighted by molar-refractivity contribution is 7.12. The Balaban J connectivity index is 2.07. The maximum Gasteiger partial charge on any atom is 0.266 e. The summed E-state index contributed by atoms with van der Waals surface area (Å²) in [6.07, 6.45) is 0.